The molecule has 0 spiro atoms. The summed E-state index contributed by atoms with van der Waals surface area (Å²) in [5, 5.41) is 6.74. The molecule has 0 aromatic heterocycles. The third kappa shape index (κ3) is 5.00. The number of likely N-dealkylation sites (tertiary alicyclic amines) is 1. The smallest absolute Gasteiger partial charge is 0.315 e. The second-order valence-electron chi connectivity index (χ2n) is 7.64. The molecular formula is C22H25ClFN3O2. The molecule has 2 N–H and O–H groups in total. The number of carbonyl (C=O) groups is 1. The van der Waals surface area contributed by atoms with Crippen LogP contribution in [0.5, 0.6) is 5.75 Å². The van der Waals surface area contributed by atoms with Crippen molar-refractivity contribution in [2.24, 2.45) is 0 Å². The van der Waals surface area contributed by atoms with Crippen molar-refractivity contribution in [2.45, 2.75) is 37.9 Å². The van der Waals surface area contributed by atoms with Gasteiger partial charge in [-0.15, -0.1) is 0 Å². The maximum atomic E-state index is 13.0. The van der Waals surface area contributed by atoms with Crippen LogP contribution in [-0.4, -0.2) is 36.7 Å². The molecule has 154 valence electrons. The first-order valence-corrected chi connectivity index (χ1v) is 10.4. The number of nitrogens with zero attached hydrogens (tertiary/aromatic N) is 1. The molecule has 0 saturated carbocycles. The molecule has 5 nitrogen and oxygen atoms in total. The number of hydrogen-bond acceptors (Lipinski definition) is 3. The van der Waals surface area contributed by atoms with Crippen LogP contribution in [0.3, 0.4) is 0 Å². The van der Waals surface area contributed by atoms with E-state index in [1.807, 2.05) is 24.3 Å². The SMILES string of the molecule is O=C(NC1CCN(Cc2ccc(F)cc2)CC1)NC1CCOc2c(Cl)cccc21. The molecule has 2 amide bonds. The molecule has 29 heavy (non-hydrogen) atoms. The van der Waals surface area contributed by atoms with Crippen LogP contribution >= 0.6 is 11.6 Å². The van der Waals surface area contributed by atoms with Gasteiger partial charge in [0, 0.05) is 37.7 Å². The Morgan fingerprint density at radius 1 is 1.10 bits per heavy atom. The zero-order valence-corrected chi connectivity index (χ0v) is 16.9. The number of fused-ring (bicyclic) bond motifs is 1. The molecule has 0 bridgehead atoms. The lowest BCUT2D eigenvalue weighted by Gasteiger charge is -2.33. The summed E-state index contributed by atoms with van der Waals surface area (Å²) in [6.45, 7) is 3.14. The number of para-hydroxylation sites is 1. The Labute approximate surface area is 175 Å². The summed E-state index contributed by atoms with van der Waals surface area (Å²) in [5.74, 6) is 0.455. The van der Waals surface area contributed by atoms with Crippen molar-refractivity contribution in [3.8, 4) is 5.75 Å². The first-order chi connectivity index (χ1) is 14.1. The molecule has 1 fully saturated rings. The third-order valence-electron chi connectivity index (χ3n) is 5.57. The van der Waals surface area contributed by atoms with Gasteiger partial charge in [0.1, 0.15) is 11.6 Å². The van der Waals surface area contributed by atoms with E-state index in [9.17, 15) is 9.18 Å². The van der Waals surface area contributed by atoms with E-state index in [0.717, 1.165) is 50.0 Å². The van der Waals surface area contributed by atoms with Crippen LogP contribution in [0, 0.1) is 5.82 Å². The maximum Gasteiger partial charge on any atom is 0.315 e. The van der Waals surface area contributed by atoms with Gasteiger partial charge in [-0.25, -0.2) is 9.18 Å². The van der Waals surface area contributed by atoms with Gasteiger partial charge >= 0.3 is 6.03 Å². The van der Waals surface area contributed by atoms with Crippen molar-refractivity contribution in [3.63, 3.8) is 0 Å². The first kappa shape index (κ1) is 20.0. The molecule has 0 aliphatic carbocycles. The topological polar surface area (TPSA) is 53.6 Å². The van der Waals surface area contributed by atoms with E-state index in [-0.39, 0.29) is 23.9 Å². The lowest BCUT2D eigenvalue weighted by molar-refractivity contribution is 0.183. The number of nitrogens with one attached hydrogen (secondary N) is 2. The Morgan fingerprint density at radius 3 is 2.62 bits per heavy atom. The third-order valence-corrected chi connectivity index (χ3v) is 5.87. The van der Waals surface area contributed by atoms with Crippen molar-refractivity contribution < 1.29 is 13.9 Å². The fourth-order valence-electron chi connectivity index (χ4n) is 4.01. The molecule has 2 heterocycles. The summed E-state index contributed by atoms with van der Waals surface area (Å²) in [7, 11) is 0. The Bertz CT molecular complexity index is 854. The van der Waals surface area contributed by atoms with Gasteiger partial charge in [0.25, 0.3) is 0 Å². The van der Waals surface area contributed by atoms with Crippen molar-refractivity contribution in [1.29, 1.82) is 0 Å². The number of piperidine rings is 1. The van der Waals surface area contributed by atoms with Gasteiger partial charge in [0.15, 0.2) is 0 Å². The van der Waals surface area contributed by atoms with Gasteiger partial charge in [-0.05, 0) is 36.6 Å². The van der Waals surface area contributed by atoms with Gasteiger partial charge in [-0.2, -0.15) is 0 Å². The van der Waals surface area contributed by atoms with E-state index in [1.165, 1.54) is 12.1 Å². The standard InChI is InChI=1S/C22H25ClFN3O2/c23-19-3-1-2-18-20(10-13-29-21(18)19)26-22(28)25-17-8-11-27(12-9-17)14-15-4-6-16(24)7-5-15/h1-7,17,20H,8-14H2,(H2,25,26,28). The van der Waals surface area contributed by atoms with Crippen LogP contribution < -0.4 is 15.4 Å². The Morgan fingerprint density at radius 2 is 1.86 bits per heavy atom. The Hall–Kier alpha value is -2.31. The van der Waals surface area contributed by atoms with Crippen molar-refractivity contribution in [3.05, 3.63) is 64.4 Å². The highest BCUT2D eigenvalue weighted by atomic mass is 35.5. The highest BCUT2D eigenvalue weighted by Gasteiger charge is 2.26. The van der Waals surface area contributed by atoms with Crippen LogP contribution in [0.25, 0.3) is 0 Å². The Balaban J connectivity index is 1.25. The zero-order valence-electron chi connectivity index (χ0n) is 16.2. The fraction of sp³-hybridized carbons (Fsp3) is 0.409. The number of rotatable bonds is 4. The van der Waals surface area contributed by atoms with Crippen LogP contribution in [0.2, 0.25) is 5.02 Å². The van der Waals surface area contributed by atoms with E-state index in [1.54, 1.807) is 6.07 Å². The van der Waals surface area contributed by atoms with Gasteiger partial charge in [0.2, 0.25) is 0 Å². The van der Waals surface area contributed by atoms with E-state index in [0.29, 0.717) is 17.4 Å². The van der Waals surface area contributed by atoms with E-state index in [4.69, 9.17) is 16.3 Å². The molecule has 2 aliphatic heterocycles. The minimum atomic E-state index is -0.211. The molecule has 0 radical (unpaired) electrons. The predicted molar refractivity (Wildman–Crippen MR) is 111 cm³/mol. The van der Waals surface area contributed by atoms with Gasteiger partial charge in [0.05, 0.1) is 17.7 Å². The van der Waals surface area contributed by atoms with E-state index >= 15 is 0 Å². The molecular weight excluding hydrogens is 393 g/mol. The maximum absolute atomic E-state index is 13.0. The number of urea groups is 1. The second kappa shape index (κ2) is 9.01. The van der Waals surface area contributed by atoms with E-state index < -0.39 is 0 Å². The molecule has 2 aliphatic rings. The second-order valence-corrected chi connectivity index (χ2v) is 8.05. The molecule has 2 aromatic carbocycles. The van der Waals surface area contributed by atoms with Gasteiger partial charge in [-0.1, -0.05) is 35.9 Å². The summed E-state index contributed by atoms with van der Waals surface area (Å²) in [6, 6.07) is 12.1. The summed E-state index contributed by atoms with van der Waals surface area (Å²) in [5.41, 5.74) is 2.03. The molecule has 1 atom stereocenters. The summed E-state index contributed by atoms with van der Waals surface area (Å²) >= 11 is 6.20. The lowest BCUT2D eigenvalue weighted by atomic mass is 10.0. The summed E-state index contributed by atoms with van der Waals surface area (Å²) < 4.78 is 18.7. The summed E-state index contributed by atoms with van der Waals surface area (Å²) in [6.07, 6.45) is 2.51. The molecule has 7 heteroatoms. The largest absolute Gasteiger partial charge is 0.492 e. The number of hydrogen-bond donors (Lipinski definition) is 2. The predicted octanol–water partition coefficient (Wildman–Crippen LogP) is 4.27. The summed E-state index contributed by atoms with van der Waals surface area (Å²) in [4.78, 5) is 14.9. The molecule has 4 rings (SSSR count). The highest BCUT2D eigenvalue weighted by Crippen LogP contribution is 2.37. The number of benzene rings is 2. The number of ether oxygens (including phenoxy) is 1. The number of amides is 2. The normalized spacial score (nSPS) is 19.9. The van der Waals surface area contributed by atoms with Crippen LogP contribution in [0.15, 0.2) is 42.5 Å². The first-order valence-electron chi connectivity index (χ1n) is 10.0. The zero-order chi connectivity index (χ0) is 20.2. The monoisotopic (exact) mass is 417 g/mol. The van der Waals surface area contributed by atoms with Crippen molar-refractivity contribution in [1.82, 2.24) is 15.5 Å². The van der Waals surface area contributed by atoms with Crippen LogP contribution in [0.4, 0.5) is 9.18 Å². The highest BCUT2D eigenvalue weighted by molar-refractivity contribution is 6.32. The van der Waals surface area contributed by atoms with E-state index in [2.05, 4.69) is 15.5 Å². The molecule has 2 aromatic rings. The van der Waals surface area contributed by atoms with Crippen molar-refractivity contribution >= 4 is 17.6 Å². The molecule has 1 unspecified atom stereocenters. The average molecular weight is 418 g/mol. The van der Waals surface area contributed by atoms with Gasteiger partial charge < -0.3 is 15.4 Å². The Kier molecular flexibility index (Phi) is 6.21. The van der Waals surface area contributed by atoms with Crippen molar-refractivity contribution in [2.75, 3.05) is 19.7 Å². The lowest BCUT2D eigenvalue weighted by Crippen LogP contribution is -2.48. The fourth-order valence-corrected chi connectivity index (χ4v) is 4.24. The minimum Gasteiger partial charge on any atom is -0.492 e. The number of carbonyl (C=O) groups excluding carboxylic acids is 1. The quantitative estimate of drug-likeness (QED) is 0.781. The number of halogens is 2. The van der Waals surface area contributed by atoms with Crippen LogP contribution in [-0.2, 0) is 6.54 Å². The van der Waals surface area contributed by atoms with Gasteiger partial charge in [-0.3, -0.25) is 4.90 Å². The average Bonchev–Trinajstić information content (AvgIpc) is 2.72. The molecule has 1 saturated heterocycles. The minimum absolute atomic E-state index is 0.101. The van der Waals surface area contributed by atoms with Crippen LogP contribution in [0.1, 0.15) is 36.4 Å².